The summed E-state index contributed by atoms with van der Waals surface area (Å²) >= 11 is 0. The topological polar surface area (TPSA) is 40.9 Å². The SMILES string of the molecule is CC(C)(C)CC(=O)N1CCN(Cc2cn3ccccc3n2)CC1. The lowest BCUT2D eigenvalue weighted by Gasteiger charge is -2.35. The fourth-order valence-electron chi connectivity index (χ4n) is 3.01. The fraction of sp³-hybridized carbons (Fsp3) is 0.556. The lowest BCUT2D eigenvalue weighted by atomic mass is 9.91. The summed E-state index contributed by atoms with van der Waals surface area (Å²) in [5.74, 6) is 0.282. The Morgan fingerprint density at radius 2 is 1.91 bits per heavy atom. The number of carbonyl (C=O) groups is 1. The zero-order chi connectivity index (χ0) is 16.4. The molecular weight excluding hydrogens is 288 g/mol. The molecule has 1 fully saturated rings. The highest BCUT2D eigenvalue weighted by atomic mass is 16.2. The second kappa shape index (κ2) is 6.32. The van der Waals surface area contributed by atoms with E-state index in [9.17, 15) is 4.79 Å². The third-order valence-electron chi connectivity index (χ3n) is 4.21. The minimum absolute atomic E-state index is 0.0603. The van der Waals surface area contributed by atoms with Crippen molar-refractivity contribution in [1.29, 1.82) is 0 Å². The Bertz CT molecular complexity index is 645. The van der Waals surface area contributed by atoms with Crippen LogP contribution in [0.25, 0.3) is 5.65 Å². The Morgan fingerprint density at radius 1 is 1.17 bits per heavy atom. The van der Waals surface area contributed by atoms with Crippen LogP contribution in [-0.4, -0.2) is 51.3 Å². The summed E-state index contributed by atoms with van der Waals surface area (Å²) in [4.78, 5) is 21.3. The molecule has 0 radical (unpaired) electrons. The van der Waals surface area contributed by atoms with E-state index in [1.807, 2.05) is 29.3 Å². The van der Waals surface area contributed by atoms with Crippen LogP contribution < -0.4 is 0 Å². The van der Waals surface area contributed by atoms with E-state index in [1.165, 1.54) is 0 Å². The van der Waals surface area contributed by atoms with Crippen molar-refractivity contribution in [2.75, 3.05) is 26.2 Å². The number of fused-ring (bicyclic) bond motifs is 1. The molecule has 5 nitrogen and oxygen atoms in total. The van der Waals surface area contributed by atoms with Crippen molar-refractivity contribution in [3.8, 4) is 0 Å². The summed E-state index contributed by atoms with van der Waals surface area (Å²) in [7, 11) is 0. The monoisotopic (exact) mass is 314 g/mol. The third-order valence-corrected chi connectivity index (χ3v) is 4.21. The molecule has 0 N–H and O–H groups in total. The Labute approximate surface area is 137 Å². The molecular formula is C18H26N4O. The summed E-state index contributed by atoms with van der Waals surface area (Å²) < 4.78 is 2.05. The number of pyridine rings is 1. The molecule has 2 aromatic rings. The van der Waals surface area contributed by atoms with E-state index in [0.29, 0.717) is 6.42 Å². The van der Waals surface area contributed by atoms with Gasteiger partial charge in [0.25, 0.3) is 0 Å². The molecule has 1 saturated heterocycles. The number of carbonyl (C=O) groups excluding carboxylic acids is 1. The molecule has 0 bridgehead atoms. The van der Waals surface area contributed by atoms with Crippen LogP contribution >= 0.6 is 0 Å². The Kier molecular flexibility index (Phi) is 4.39. The van der Waals surface area contributed by atoms with Crippen LogP contribution in [0.2, 0.25) is 0 Å². The predicted molar refractivity (Wildman–Crippen MR) is 91.1 cm³/mol. The number of imidazole rings is 1. The van der Waals surface area contributed by atoms with Gasteiger partial charge in [0.15, 0.2) is 0 Å². The molecule has 0 aliphatic carbocycles. The molecule has 0 unspecified atom stereocenters. The molecule has 1 aliphatic heterocycles. The van der Waals surface area contributed by atoms with Gasteiger partial charge in [-0.05, 0) is 17.5 Å². The molecule has 2 aromatic heterocycles. The number of amides is 1. The first kappa shape index (κ1) is 16.0. The van der Waals surface area contributed by atoms with Gasteiger partial charge in [-0.25, -0.2) is 4.98 Å². The van der Waals surface area contributed by atoms with Crippen molar-refractivity contribution < 1.29 is 4.79 Å². The van der Waals surface area contributed by atoms with E-state index >= 15 is 0 Å². The molecule has 0 atom stereocenters. The van der Waals surface area contributed by atoms with Crippen molar-refractivity contribution in [3.63, 3.8) is 0 Å². The van der Waals surface area contributed by atoms with Crippen LogP contribution in [0.15, 0.2) is 30.6 Å². The summed E-state index contributed by atoms with van der Waals surface area (Å²) in [5.41, 5.74) is 2.14. The fourth-order valence-corrected chi connectivity index (χ4v) is 3.01. The number of nitrogens with zero attached hydrogens (tertiary/aromatic N) is 4. The van der Waals surface area contributed by atoms with Gasteiger partial charge in [-0.1, -0.05) is 26.8 Å². The summed E-state index contributed by atoms with van der Waals surface area (Å²) in [6, 6.07) is 6.04. The second-order valence-electron chi connectivity index (χ2n) is 7.59. The van der Waals surface area contributed by atoms with Crippen LogP contribution in [0.4, 0.5) is 0 Å². The molecule has 5 heteroatoms. The van der Waals surface area contributed by atoms with E-state index < -0.39 is 0 Å². The van der Waals surface area contributed by atoms with Crippen molar-refractivity contribution in [2.45, 2.75) is 33.7 Å². The van der Waals surface area contributed by atoms with E-state index in [2.05, 4.69) is 41.3 Å². The molecule has 0 saturated carbocycles. The van der Waals surface area contributed by atoms with Crippen molar-refractivity contribution >= 4 is 11.6 Å². The largest absolute Gasteiger partial charge is 0.340 e. The summed E-state index contributed by atoms with van der Waals surface area (Å²) in [6.07, 6.45) is 4.74. The number of aromatic nitrogens is 2. The maximum absolute atomic E-state index is 12.3. The number of rotatable bonds is 3. The van der Waals surface area contributed by atoms with Crippen LogP contribution in [-0.2, 0) is 11.3 Å². The van der Waals surface area contributed by atoms with Gasteiger partial charge in [0.05, 0.1) is 5.69 Å². The quantitative estimate of drug-likeness (QED) is 0.873. The van der Waals surface area contributed by atoms with Crippen LogP contribution in [0.1, 0.15) is 32.9 Å². The standard InChI is InChI=1S/C18H26N4O/c1-18(2,3)12-17(23)21-10-8-20(9-11-21)13-15-14-22-7-5-4-6-16(22)19-15/h4-7,14H,8-13H2,1-3H3. The first-order valence-electron chi connectivity index (χ1n) is 8.33. The Morgan fingerprint density at radius 3 is 2.57 bits per heavy atom. The van der Waals surface area contributed by atoms with Crippen molar-refractivity contribution in [1.82, 2.24) is 19.2 Å². The highest BCUT2D eigenvalue weighted by Gasteiger charge is 2.25. The normalized spacial score (nSPS) is 16.9. The third kappa shape index (κ3) is 4.10. The van der Waals surface area contributed by atoms with Crippen LogP contribution in [0, 0.1) is 5.41 Å². The van der Waals surface area contributed by atoms with Crippen LogP contribution in [0.3, 0.4) is 0 Å². The maximum Gasteiger partial charge on any atom is 0.223 e. The first-order valence-corrected chi connectivity index (χ1v) is 8.33. The highest BCUT2D eigenvalue weighted by Crippen LogP contribution is 2.20. The summed E-state index contributed by atoms with van der Waals surface area (Å²) in [6.45, 7) is 10.7. The van der Waals surface area contributed by atoms with Gasteiger partial charge in [0.2, 0.25) is 5.91 Å². The lowest BCUT2D eigenvalue weighted by Crippen LogP contribution is -2.48. The summed E-state index contributed by atoms with van der Waals surface area (Å²) in [5, 5.41) is 0. The average Bonchev–Trinajstić information content (AvgIpc) is 2.88. The molecule has 1 aliphatic rings. The van der Waals surface area contributed by atoms with E-state index in [0.717, 1.165) is 44.1 Å². The predicted octanol–water partition coefficient (Wildman–Crippen LogP) is 2.41. The molecule has 23 heavy (non-hydrogen) atoms. The lowest BCUT2D eigenvalue weighted by molar-refractivity contribution is -0.134. The Balaban J connectivity index is 1.54. The van der Waals surface area contributed by atoms with Crippen molar-refractivity contribution in [3.05, 3.63) is 36.3 Å². The van der Waals surface area contributed by atoms with Gasteiger partial charge in [0, 0.05) is 51.5 Å². The molecule has 0 aromatic carbocycles. The van der Waals surface area contributed by atoms with Gasteiger partial charge in [-0.3, -0.25) is 9.69 Å². The smallest absolute Gasteiger partial charge is 0.223 e. The Hall–Kier alpha value is -1.88. The maximum atomic E-state index is 12.3. The van der Waals surface area contributed by atoms with Gasteiger partial charge >= 0.3 is 0 Å². The van der Waals surface area contributed by atoms with Crippen LogP contribution in [0.5, 0.6) is 0 Å². The zero-order valence-corrected chi connectivity index (χ0v) is 14.3. The molecule has 1 amide bonds. The van der Waals surface area contributed by atoms with Gasteiger partial charge < -0.3 is 9.30 Å². The molecule has 3 rings (SSSR count). The van der Waals surface area contributed by atoms with Crippen molar-refractivity contribution in [2.24, 2.45) is 5.41 Å². The molecule has 0 spiro atoms. The minimum atomic E-state index is 0.0603. The number of hydrogen-bond acceptors (Lipinski definition) is 3. The first-order chi connectivity index (χ1) is 10.9. The average molecular weight is 314 g/mol. The van der Waals surface area contributed by atoms with E-state index in [1.54, 1.807) is 0 Å². The zero-order valence-electron chi connectivity index (χ0n) is 14.3. The van der Waals surface area contributed by atoms with Gasteiger partial charge in [-0.2, -0.15) is 0 Å². The minimum Gasteiger partial charge on any atom is -0.340 e. The number of piperazine rings is 1. The molecule has 3 heterocycles. The molecule has 124 valence electrons. The van der Waals surface area contributed by atoms with E-state index in [-0.39, 0.29) is 11.3 Å². The van der Waals surface area contributed by atoms with E-state index in [4.69, 9.17) is 0 Å². The van der Waals surface area contributed by atoms with Gasteiger partial charge in [0.1, 0.15) is 5.65 Å². The second-order valence-corrected chi connectivity index (χ2v) is 7.59. The highest BCUT2D eigenvalue weighted by molar-refractivity contribution is 5.76. The van der Waals surface area contributed by atoms with Gasteiger partial charge in [-0.15, -0.1) is 0 Å². The number of hydrogen-bond donors (Lipinski definition) is 0.